The summed E-state index contributed by atoms with van der Waals surface area (Å²) < 4.78 is 28.8. The van der Waals surface area contributed by atoms with Crippen molar-refractivity contribution in [2.75, 3.05) is 0 Å². The van der Waals surface area contributed by atoms with Crippen LogP contribution in [0, 0.1) is 6.92 Å². The molecule has 1 N–H and O–H groups in total. The third kappa shape index (κ3) is 2.95. The lowest BCUT2D eigenvalue weighted by Crippen LogP contribution is -2.30. The van der Waals surface area contributed by atoms with Gasteiger partial charge in [0.15, 0.2) is 0 Å². The minimum absolute atomic E-state index is 0.0623. The Balaban J connectivity index is 1.95. The van der Waals surface area contributed by atoms with Crippen LogP contribution in [0.5, 0.6) is 0 Å². The van der Waals surface area contributed by atoms with Crippen LogP contribution in [0.25, 0.3) is 10.9 Å². The van der Waals surface area contributed by atoms with Crippen molar-refractivity contribution >= 4 is 20.9 Å². The van der Waals surface area contributed by atoms with Gasteiger partial charge in [-0.1, -0.05) is 30.3 Å². The molecule has 0 aliphatic rings. The lowest BCUT2D eigenvalue weighted by molar-refractivity contribution is 0.575. The Morgan fingerprint density at radius 2 is 1.75 bits per heavy atom. The van der Waals surface area contributed by atoms with Crippen molar-refractivity contribution in [3.05, 3.63) is 70.3 Å². The normalized spacial score (nSPS) is 11.8. The number of para-hydroxylation sites is 1. The molecule has 0 fully saturated rings. The zero-order chi connectivity index (χ0) is 17.3. The van der Waals surface area contributed by atoms with Crippen LogP contribution < -0.4 is 10.3 Å². The molecule has 3 rings (SSSR count). The molecule has 7 heteroatoms. The van der Waals surface area contributed by atoms with Crippen LogP contribution in [0.2, 0.25) is 0 Å². The van der Waals surface area contributed by atoms with Crippen LogP contribution in [0.3, 0.4) is 0 Å². The van der Waals surface area contributed by atoms with Crippen molar-refractivity contribution < 1.29 is 8.42 Å². The second kappa shape index (κ2) is 6.18. The van der Waals surface area contributed by atoms with E-state index < -0.39 is 10.0 Å². The maximum absolute atomic E-state index is 12.5. The monoisotopic (exact) mass is 343 g/mol. The SMILES string of the molecule is Cc1ccccc1S(=O)(=O)NCc1nc2ccccc2c(=O)n1C. The van der Waals surface area contributed by atoms with Gasteiger partial charge in [0.2, 0.25) is 10.0 Å². The summed E-state index contributed by atoms with van der Waals surface area (Å²) in [5.74, 6) is 0.357. The maximum atomic E-state index is 12.5. The number of fused-ring (bicyclic) bond motifs is 1. The number of hydrogen-bond acceptors (Lipinski definition) is 4. The Morgan fingerprint density at radius 1 is 1.08 bits per heavy atom. The first-order valence-electron chi connectivity index (χ1n) is 7.40. The molecule has 0 radical (unpaired) electrons. The third-order valence-corrected chi connectivity index (χ3v) is 5.44. The molecular formula is C17H17N3O3S. The van der Waals surface area contributed by atoms with E-state index in [2.05, 4.69) is 9.71 Å². The summed E-state index contributed by atoms with van der Waals surface area (Å²) in [5.41, 5.74) is 1.00. The minimum atomic E-state index is -3.68. The number of aromatic nitrogens is 2. The smallest absolute Gasteiger partial charge is 0.261 e. The second-order valence-electron chi connectivity index (χ2n) is 5.50. The maximum Gasteiger partial charge on any atom is 0.261 e. The van der Waals surface area contributed by atoms with Crippen molar-refractivity contribution in [2.24, 2.45) is 7.05 Å². The Morgan fingerprint density at radius 3 is 2.50 bits per heavy atom. The van der Waals surface area contributed by atoms with Crippen molar-refractivity contribution in [3.63, 3.8) is 0 Å². The Hall–Kier alpha value is -2.51. The van der Waals surface area contributed by atoms with Crippen LogP contribution in [0.4, 0.5) is 0 Å². The Kier molecular flexibility index (Phi) is 4.21. The number of sulfonamides is 1. The van der Waals surface area contributed by atoms with E-state index in [1.54, 1.807) is 62.5 Å². The predicted molar refractivity (Wildman–Crippen MR) is 92.2 cm³/mol. The summed E-state index contributed by atoms with van der Waals surface area (Å²) in [4.78, 5) is 17.0. The molecule has 24 heavy (non-hydrogen) atoms. The van der Waals surface area contributed by atoms with E-state index in [1.165, 1.54) is 4.57 Å². The molecule has 1 aromatic heterocycles. The van der Waals surface area contributed by atoms with Crippen LogP contribution in [0.1, 0.15) is 11.4 Å². The van der Waals surface area contributed by atoms with E-state index in [9.17, 15) is 13.2 Å². The molecule has 0 aliphatic carbocycles. The molecule has 6 nitrogen and oxygen atoms in total. The van der Waals surface area contributed by atoms with Gasteiger partial charge in [0.1, 0.15) is 5.82 Å². The van der Waals surface area contributed by atoms with Gasteiger partial charge in [-0.15, -0.1) is 0 Å². The van der Waals surface area contributed by atoms with Crippen LogP contribution in [-0.2, 0) is 23.6 Å². The van der Waals surface area contributed by atoms with E-state index in [4.69, 9.17) is 0 Å². The predicted octanol–water partition coefficient (Wildman–Crippen LogP) is 1.72. The molecule has 0 saturated heterocycles. The highest BCUT2D eigenvalue weighted by Crippen LogP contribution is 2.14. The quantitative estimate of drug-likeness (QED) is 0.782. The lowest BCUT2D eigenvalue weighted by Gasteiger charge is -2.12. The fourth-order valence-electron chi connectivity index (χ4n) is 2.52. The van der Waals surface area contributed by atoms with Gasteiger partial charge in [-0.05, 0) is 30.7 Å². The Labute approximate surface area is 139 Å². The molecule has 0 aliphatic heterocycles. The number of nitrogens with zero attached hydrogens (tertiary/aromatic N) is 2. The zero-order valence-electron chi connectivity index (χ0n) is 13.4. The first-order chi connectivity index (χ1) is 11.4. The van der Waals surface area contributed by atoms with Crippen molar-refractivity contribution in [3.8, 4) is 0 Å². The fraction of sp³-hybridized carbons (Fsp3) is 0.176. The molecule has 0 amide bonds. The summed E-state index contributed by atoms with van der Waals surface area (Å²) in [6.07, 6.45) is 0. The van der Waals surface area contributed by atoms with Gasteiger partial charge in [-0.2, -0.15) is 0 Å². The van der Waals surface area contributed by atoms with E-state index in [1.807, 2.05) is 0 Å². The van der Waals surface area contributed by atoms with Crippen molar-refractivity contribution in [1.82, 2.24) is 14.3 Å². The van der Waals surface area contributed by atoms with Crippen molar-refractivity contribution in [1.29, 1.82) is 0 Å². The Bertz CT molecular complexity index is 1070. The fourth-order valence-corrected chi connectivity index (χ4v) is 3.74. The molecule has 0 unspecified atom stereocenters. The molecule has 3 aromatic rings. The number of nitrogens with one attached hydrogen (secondary N) is 1. The lowest BCUT2D eigenvalue weighted by atomic mass is 10.2. The molecule has 0 bridgehead atoms. The zero-order valence-corrected chi connectivity index (χ0v) is 14.2. The first-order valence-corrected chi connectivity index (χ1v) is 8.88. The summed E-state index contributed by atoms with van der Waals surface area (Å²) in [6, 6.07) is 13.7. The van der Waals surface area contributed by atoms with Gasteiger partial charge in [-0.3, -0.25) is 9.36 Å². The van der Waals surface area contributed by atoms with E-state index in [0.29, 0.717) is 22.3 Å². The highest BCUT2D eigenvalue weighted by atomic mass is 32.2. The van der Waals surface area contributed by atoms with Crippen molar-refractivity contribution in [2.45, 2.75) is 18.4 Å². The van der Waals surface area contributed by atoms with Crippen LogP contribution in [0.15, 0.2) is 58.2 Å². The average molecular weight is 343 g/mol. The molecule has 0 spiro atoms. The topological polar surface area (TPSA) is 81.1 Å². The molecule has 1 heterocycles. The van der Waals surface area contributed by atoms with Gasteiger partial charge in [0.25, 0.3) is 5.56 Å². The highest BCUT2D eigenvalue weighted by Gasteiger charge is 2.17. The first kappa shape index (κ1) is 16.4. The van der Waals surface area contributed by atoms with Gasteiger partial charge < -0.3 is 0 Å². The summed E-state index contributed by atoms with van der Waals surface area (Å²) in [7, 11) is -2.09. The standard InChI is InChI=1S/C17H17N3O3S/c1-12-7-3-6-10-15(12)24(22,23)18-11-16-19-14-9-5-4-8-13(14)17(21)20(16)2/h3-10,18H,11H2,1-2H3. The summed E-state index contributed by atoms with van der Waals surface area (Å²) >= 11 is 0. The second-order valence-corrected chi connectivity index (χ2v) is 7.23. The number of aryl methyl sites for hydroxylation is 1. The molecule has 2 aromatic carbocycles. The third-order valence-electron chi connectivity index (χ3n) is 3.88. The highest BCUT2D eigenvalue weighted by molar-refractivity contribution is 7.89. The number of rotatable bonds is 4. The summed E-state index contributed by atoms with van der Waals surface area (Å²) in [5, 5.41) is 0.505. The van der Waals surface area contributed by atoms with Gasteiger partial charge in [0, 0.05) is 7.05 Å². The van der Waals surface area contributed by atoms with Gasteiger partial charge in [0.05, 0.1) is 22.3 Å². The van der Waals surface area contributed by atoms with E-state index >= 15 is 0 Å². The molecule has 124 valence electrons. The minimum Gasteiger partial charge on any atom is -0.298 e. The molecule has 0 saturated carbocycles. The average Bonchev–Trinajstić information content (AvgIpc) is 2.57. The molecular weight excluding hydrogens is 326 g/mol. The number of hydrogen-bond donors (Lipinski definition) is 1. The molecule has 0 atom stereocenters. The number of benzene rings is 2. The van der Waals surface area contributed by atoms with Gasteiger partial charge in [-0.25, -0.2) is 18.1 Å². The van der Waals surface area contributed by atoms with E-state index in [-0.39, 0.29) is 17.0 Å². The van der Waals surface area contributed by atoms with Gasteiger partial charge >= 0.3 is 0 Å². The van der Waals surface area contributed by atoms with E-state index in [0.717, 1.165) is 0 Å². The largest absolute Gasteiger partial charge is 0.298 e. The van der Waals surface area contributed by atoms with Crippen LogP contribution in [-0.4, -0.2) is 18.0 Å². The van der Waals surface area contributed by atoms with Crippen LogP contribution >= 0.6 is 0 Å². The summed E-state index contributed by atoms with van der Waals surface area (Å²) in [6.45, 7) is 1.67.